The first-order chi connectivity index (χ1) is 9.99. The van der Waals surface area contributed by atoms with Gasteiger partial charge in [-0.05, 0) is 18.9 Å². The number of amides is 1. The van der Waals surface area contributed by atoms with E-state index in [0.29, 0.717) is 13.0 Å². The minimum atomic E-state index is -1.15. The summed E-state index contributed by atoms with van der Waals surface area (Å²) in [6.07, 6.45) is -0.383. The lowest BCUT2D eigenvalue weighted by molar-refractivity contribution is -0.137. The summed E-state index contributed by atoms with van der Waals surface area (Å²) in [6, 6.07) is 9.66. The number of aliphatic hydroxyl groups excluding tert-OH is 1. The molecular formula is C14H19N3O4. The van der Waals surface area contributed by atoms with Crippen LogP contribution in [0.15, 0.2) is 35.3 Å². The molecule has 0 spiro atoms. The average Bonchev–Trinajstić information content (AvgIpc) is 2.44. The second-order valence-corrected chi connectivity index (χ2v) is 4.35. The van der Waals surface area contributed by atoms with Gasteiger partial charge < -0.3 is 20.8 Å². The van der Waals surface area contributed by atoms with Crippen LogP contribution in [0.25, 0.3) is 0 Å². The van der Waals surface area contributed by atoms with E-state index in [0.717, 1.165) is 5.56 Å². The van der Waals surface area contributed by atoms with Crippen LogP contribution in [-0.4, -0.2) is 47.2 Å². The summed E-state index contributed by atoms with van der Waals surface area (Å²) in [7, 11) is 0. The number of benzene rings is 1. The van der Waals surface area contributed by atoms with E-state index in [4.69, 9.17) is 5.11 Å². The number of aliphatic carboxylic acids is 1. The van der Waals surface area contributed by atoms with Gasteiger partial charge in [0.1, 0.15) is 12.8 Å². The van der Waals surface area contributed by atoms with E-state index in [9.17, 15) is 14.7 Å². The van der Waals surface area contributed by atoms with Crippen molar-refractivity contribution >= 4 is 17.7 Å². The molecule has 1 atom stereocenters. The van der Waals surface area contributed by atoms with Crippen LogP contribution in [0.4, 0.5) is 0 Å². The lowest BCUT2D eigenvalue weighted by Gasteiger charge is -2.11. The van der Waals surface area contributed by atoms with Crippen LogP contribution in [0.2, 0.25) is 0 Å². The molecular weight excluding hydrogens is 274 g/mol. The van der Waals surface area contributed by atoms with Crippen LogP contribution >= 0.6 is 0 Å². The molecule has 0 aromatic heterocycles. The van der Waals surface area contributed by atoms with Gasteiger partial charge in [0.2, 0.25) is 0 Å². The number of aliphatic hydroxyl groups is 1. The maximum Gasteiger partial charge on any atom is 0.322 e. The molecule has 4 N–H and O–H groups in total. The lowest BCUT2D eigenvalue weighted by Crippen LogP contribution is -2.43. The zero-order valence-electron chi connectivity index (χ0n) is 11.7. The number of nitrogens with zero attached hydrogens (tertiary/aromatic N) is 1. The van der Waals surface area contributed by atoms with Crippen LogP contribution in [0.3, 0.4) is 0 Å². The first-order valence-electron chi connectivity index (χ1n) is 6.52. The van der Waals surface area contributed by atoms with Gasteiger partial charge in [-0.15, -0.1) is 0 Å². The Hall–Kier alpha value is -2.41. The predicted molar refractivity (Wildman–Crippen MR) is 77.9 cm³/mol. The second kappa shape index (κ2) is 8.70. The zero-order valence-corrected chi connectivity index (χ0v) is 11.7. The largest absolute Gasteiger partial charge is 0.480 e. The normalized spacial score (nSPS) is 12.6. The number of hydrogen-bond donors (Lipinski definition) is 4. The smallest absolute Gasteiger partial charge is 0.322 e. The summed E-state index contributed by atoms with van der Waals surface area (Å²) in [5, 5.41) is 22.8. The first-order valence-corrected chi connectivity index (χ1v) is 6.52. The second-order valence-electron chi connectivity index (χ2n) is 4.35. The molecule has 0 aliphatic carbocycles. The summed E-state index contributed by atoms with van der Waals surface area (Å²) in [5.74, 6) is -1.89. The van der Waals surface area contributed by atoms with Crippen LogP contribution in [0.5, 0.6) is 0 Å². The molecule has 1 aromatic rings. The fourth-order valence-corrected chi connectivity index (χ4v) is 1.58. The number of amidine groups is 1. The van der Waals surface area contributed by atoms with Crippen molar-refractivity contribution in [2.45, 2.75) is 19.6 Å². The number of carbonyl (C=O) groups is 2. The SMILES string of the molecule is CC(O)/N=C(/NCCc1ccccc1)C(=O)NCC(=O)O. The Balaban J connectivity index is 2.54. The van der Waals surface area contributed by atoms with Crippen molar-refractivity contribution in [2.24, 2.45) is 4.99 Å². The molecule has 0 heterocycles. The minimum Gasteiger partial charge on any atom is -0.480 e. The number of hydrogen-bond acceptors (Lipinski definition) is 4. The van der Waals surface area contributed by atoms with E-state index in [2.05, 4.69) is 15.6 Å². The Morgan fingerprint density at radius 3 is 2.48 bits per heavy atom. The van der Waals surface area contributed by atoms with Crippen molar-refractivity contribution < 1.29 is 19.8 Å². The highest BCUT2D eigenvalue weighted by Gasteiger charge is 2.12. The standard InChI is InChI=1S/C14H19N3O4/c1-10(18)17-13(14(21)16-9-12(19)20)15-8-7-11-5-3-2-4-6-11/h2-6,10,18H,7-9H2,1H3,(H,15,17)(H,16,21)(H,19,20). The lowest BCUT2D eigenvalue weighted by atomic mass is 10.1. The van der Waals surface area contributed by atoms with Gasteiger partial charge in [-0.2, -0.15) is 0 Å². The summed E-state index contributed by atoms with van der Waals surface area (Å²) in [5.41, 5.74) is 1.09. The Morgan fingerprint density at radius 2 is 1.90 bits per heavy atom. The Kier molecular flexibility index (Phi) is 6.90. The Morgan fingerprint density at radius 1 is 1.24 bits per heavy atom. The Labute approximate surface area is 122 Å². The van der Waals surface area contributed by atoms with Gasteiger partial charge >= 0.3 is 5.97 Å². The number of carboxylic acid groups (broad SMARTS) is 1. The van der Waals surface area contributed by atoms with Crippen molar-refractivity contribution in [3.63, 3.8) is 0 Å². The molecule has 1 rings (SSSR count). The number of nitrogens with one attached hydrogen (secondary N) is 2. The fraction of sp³-hybridized carbons (Fsp3) is 0.357. The number of carbonyl (C=O) groups excluding carboxylic acids is 1. The molecule has 0 saturated heterocycles. The highest BCUT2D eigenvalue weighted by atomic mass is 16.4. The van der Waals surface area contributed by atoms with E-state index in [1.165, 1.54) is 6.92 Å². The quantitative estimate of drug-likeness (QED) is 0.427. The van der Waals surface area contributed by atoms with Crippen molar-refractivity contribution in [3.05, 3.63) is 35.9 Å². The van der Waals surface area contributed by atoms with Gasteiger partial charge in [0.05, 0.1) is 0 Å². The van der Waals surface area contributed by atoms with E-state index in [1.807, 2.05) is 30.3 Å². The molecule has 1 amide bonds. The van der Waals surface area contributed by atoms with Gasteiger partial charge in [0.15, 0.2) is 5.84 Å². The van der Waals surface area contributed by atoms with Gasteiger partial charge in [0.25, 0.3) is 5.91 Å². The molecule has 7 nitrogen and oxygen atoms in total. The van der Waals surface area contributed by atoms with Crippen molar-refractivity contribution in [2.75, 3.05) is 13.1 Å². The zero-order chi connectivity index (χ0) is 15.7. The maximum absolute atomic E-state index is 11.7. The van der Waals surface area contributed by atoms with Crippen molar-refractivity contribution in [1.29, 1.82) is 0 Å². The van der Waals surface area contributed by atoms with Gasteiger partial charge in [0, 0.05) is 6.54 Å². The summed E-state index contributed by atoms with van der Waals surface area (Å²) >= 11 is 0. The molecule has 114 valence electrons. The molecule has 0 aliphatic rings. The molecule has 0 saturated carbocycles. The summed E-state index contributed by atoms with van der Waals surface area (Å²) in [4.78, 5) is 25.9. The van der Waals surface area contributed by atoms with E-state index >= 15 is 0 Å². The van der Waals surface area contributed by atoms with E-state index in [1.54, 1.807) is 0 Å². The molecule has 7 heteroatoms. The first kappa shape index (κ1) is 16.6. The summed E-state index contributed by atoms with van der Waals surface area (Å²) < 4.78 is 0. The highest BCUT2D eigenvalue weighted by molar-refractivity contribution is 6.38. The van der Waals surface area contributed by atoms with Crippen LogP contribution in [-0.2, 0) is 16.0 Å². The molecule has 0 radical (unpaired) electrons. The van der Waals surface area contributed by atoms with Crippen molar-refractivity contribution in [1.82, 2.24) is 10.6 Å². The molecule has 0 fully saturated rings. The van der Waals surface area contributed by atoms with Gasteiger partial charge in [-0.25, -0.2) is 4.99 Å². The van der Waals surface area contributed by atoms with E-state index in [-0.39, 0.29) is 5.84 Å². The third kappa shape index (κ3) is 7.07. The molecule has 21 heavy (non-hydrogen) atoms. The maximum atomic E-state index is 11.7. The molecule has 1 unspecified atom stereocenters. The number of rotatable bonds is 6. The summed E-state index contributed by atoms with van der Waals surface area (Å²) in [6.45, 7) is 1.34. The third-order valence-corrected chi connectivity index (χ3v) is 2.48. The highest BCUT2D eigenvalue weighted by Crippen LogP contribution is 1.98. The topological polar surface area (TPSA) is 111 Å². The van der Waals surface area contributed by atoms with Crippen LogP contribution in [0.1, 0.15) is 12.5 Å². The van der Waals surface area contributed by atoms with Gasteiger partial charge in [-0.1, -0.05) is 30.3 Å². The fourth-order valence-electron chi connectivity index (χ4n) is 1.58. The molecule has 1 aromatic carbocycles. The Bertz CT molecular complexity index is 500. The average molecular weight is 293 g/mol. The monoisotopic (exact) mass is 293 g/mol. The predicted octanol–water partition coefficient (Wildman–Crippen LogP) is -0.244. The number of carboxylic acids is 1. The van der Waals surface area contributed by atoms with E-state index < -0.39 is 24.6 Å². The van der Waals surface area contributed by atoms with Crippen molar-refractivity contribution in [3.8, 4) is 0 Å². The van der Waals surface area contributed by atoms with Crippen LogP contribution in [0, 0.1) is 0 Å². The molecule has 0 bridgehead atoms. The van der Waals surface area contributed by atoms with Crippen LogP contribution < -0.4 is 10.6 Å². The van der Waals surface area contributed by atoms with Gasteiger partial charge in [-0.3, -0.25) is 9.59 Å². The molecule has 0 aliphatic heterocycles. The number of aliphatic imine (C=N–C) groups is 1. The third-order valence-electron chi connectivity index (χ3n) is 2.48. The minimum absolute atomic E-state index is 0.0813.